The Hall–Kier alpha value is -2.98. The van der Waals surface area contributed by atoms with Crippen LogP contribution in [0.2, 0.25) is 0 Å². The summed E-state index contributed by atoms with van der Waals surface area (Å²) in [4.78, 5) is 25.2. The molecule has 1 fully saturated rings. The highest BCUT2D eigenvalue weighted by atomic mass is 32.2. The van der Waals surface area contributed by atoms with E-state index in [2.05, 4.69) is 10.6 Å². The van der Waals surface area contributed by atoms with Crippen molar-refractivity contribution in [3.8, 4) is 0 Å². The highest BCUT2D eigenvalue weighted by Gasteiger charge is 2.32. The van der Waals surface area contributed by atoms with Crippen molar-refractivity contribution in [2.75, 3.05) is 23.7 Å². The molecule has 3 rings (SSSR count). The number of sulfonamides is 1. The Bertz CT molecular complexity index is 1150. The fourth-order valence-corrected chi connectivity index (χ4v) is 5.06. The number of hydrogen-bond donors (Lipinski definition) is 2. The van der Waals surface area contributed by atoms with Crippen molar-refractivity contribution in [2.45, 2.75) is 51.0 Å². The predicted molar refractivity (Wildman–Crippen MR) is 128 cm³/mol. The molecule has 8 nitrogen and oxygen atoms in total. The maximum atomic E-state index is 13.8. The molecule has 1 aliphatic rings. The summed E-state index contributed by atoms with van der Waals surface area (Å²) in [6.45, 7) is 7.41. The number of amides is 2. The lowest BCUT2D eigenvalue weighted by molar-refractivity contribution is -0.120. The summed E-state index contributed by atoms with van der Waals surface area (Å²) in [7, 11) is -3.64. The van der Waals surface area contributed by atoms with Crippen LogP contribution in [-0.2, 0) is 19.6 Å². The van der Waals surface area contributed by atoms with E-state index >= 15 is 0 Å². The van der Waals surface area contributed by atoms with E-state index in [-0.39, 0.29) is 35.3 Å². The van der Waals surface area contributed by atoms with Gasteiger partial charge in [0.1, 0.15) is 11.4 Å². The third-order valence-corrected chi connectivity index (χ3v) is 7.27. The normalized spacial score (nSPS) is 15.6. The van der Waals surface area contributed by atoms with Gasteiger partial charge in [-0.2, -0.15) is 4.31 Å². The molecule has 1 aliphatic heterocycles. The maximum Gasteiger partial charge on any atom is 0.412 e. The van der Waals surface area contributed by atoms with Crippen molar-refractivity contribution in [3.63, 3.8) is 0 Å². The summed E-state index contributed by atoms with van der Waals surface area (Å²) in [5.74, 6) is -1.41. The first-order valence-electron chi connectivity index (χ1n) is 11.0. The summed E-state index contributed by atoms with van der Waals surface area (Å²) in [6.07, 6.45) is -0.0912. The van der Waals surface area contributed by atoms with Crippen LogP contribution in [0.1, 0.15) is 39.2 Å². The number of aryl methyl sites for hydroxylation is 1. The third-order valence-electron chi connectivity index (χ3n) is 5.36. The lowest BCUT2D eigenvalue weighted by atomic mass is 9.97. The molecule has 0 saturated carbocycles. The molecule has 0 atom stereocenters. The number of hydrogen-bond acceptors (Lipinski definition) is 5. The SMILES string of the molecule is Cc1ccc(S(=O)(=O)N2CCC(C(=O)Nc3cc(F)ccc3NC(=O)OC(C)(C)C)CC2)cc1. The van der Waals surface area contributed by atoms with Gasteiger partial charge in [0.2, 0.25) is 15.9 Å². The Balaban J connectivity index is 1.64. The molecule has 0 radical (unpaired) electrons. The lowest BCUT2D eigenvalue weighted by Gasteiger charge is -2.30. The number of carbonyl (C=O) groups is 2. The average Bonchev–Trinajstić information content (AvgIpc) is 2.75. The number of piperidine rings is 1. The second-order valence-electron chi connectivity index (χ2n) is 9.30. The standard InChI is InChI=1S/C24H30FN3O5S/c1-16-5-8-19(9-6-16)34(31,32)28-13-11-17(12-14-28)22(29)26-21-15-18(25)7-10-20(21)27-23(30)33-24(2,3)4/h5-10,15,17H,11-14H2,1-4H3,(H,26,29)(H,27,30). The van der Waals surface area contributed by atoms with Gasteiger partial charge in [0, 0.05) is 19.0 Å². The monoisotopic (exact) mass is 491 g/mol. The van der Waals surface area contributed by atoms with Crippen LogP contribution in [0.3, 0.4) is 0 Å². The molecule has 34 heavy (non-hydrogen) atoms. The van der Waals surface area contributed by atoms with Crippen molar-refractivity contribution in [3.05, 3.63) is 53.8 Å². The Kier molecular flexibility index (Phi) is 7.62. The van der Waals surface area contributed by atoms with Crippen LogP contribution in [-0.4, -0.2) is 43.4 Å². The zero-order chi connectivity index (χ0) is 25.1. The van der Waals surface area contributed by atoms with Crippen LogP contribution in [0.25, 0.3) is 0 Å². The molecule has 0 aromatic heterocycles. The van der Waals surface area contributed by atoms with Gasteiger partial charge in [0.05, 0.1) is 16.3 Å². The summed E-state index contributed by atoms with van der Waals surface area (Å²) in [5, 5.41) is 5.19. The van der Waals surface area contributed by atoms with Gasteiger partial charge in [-0.1, -0.05) is 17.7 Å². The van der Waals surface area contributed by atoms with E-state index in [1.807, 2.05) is 6.92 Å². The van der Waals surface area contributed by atoms with Crippen LogP contribution >= 0.6 is 0 Å². The quantitative estimate of drug-likeness (QED) is 0.640. The highest BCUT2D eigenvalue weighted by Crippen LogP contribution is 2.28. The first-order chi connectivity index (χ1) is 15.8. The molecule has 2 aromatic rings. The first kappa shape index (κ1) is 25.6. The van der Waals surface area contributed by atoms with Gasteiger partial charge in [0.25, 0.3) is 0 Å². The first-order valence-corrected chi connectivity index (χ1v) is 12.5. The maximum absolute atomic E-state index is 13.8. The number of carbonyl (C=O) groups excluding carboxylic acids is 2. The van der Waals surface area contributed by atoms with Gasteiger partial charge in [-0.25, -0.2) is 17.6 Å². The molecule has 2 amide bonds. The summed E-state index contributed by atoms with van der Waals surface area (Å²) in [6, 6.07) is 10.3. The number of ether oxygens (including phenoxy) is 1. The van der Waals surface area contributed by atoms with Crippen molar-refractivity contribution in [1.29, 1.82) is 0 Å². The molecule has 1 saturated heterocycles. The molecule has 0 aliphatic carbocycles. The van der Waals surface area contributed by atoms with Crippen LogP contribution < -0.4 is 10.6 Å². The molecular weight excluding hydrogens is 461 g/mol. The Labute approximate surface area is 199 Å². The van der Waals surface area contributed by atoms with Crippen molar-refractivity contribution in [1.82, 2.24) is 4.31 Å². The van der Waals surface area contributed by atoms with E-state index in [0.29, 0.717) is 12.8 Å². The molecular formula is C24H30FN3O5S. The Morgan fingerprint density at radius 3 is 2.21 bits per heavy atom. The van der Waals surface area contributed by atoms with Gasteiger partial charge in [-0.05, 0) is 70.9 Å². The predicted octanol–water partition coefficient (Wildman–Crippen LogP) is 4.52. The van der Waals surface area contributed by atoms with Gasteiger partial charge >= 0.3 is 6.09 Å². The number of nitrogens with one attached hydrogen (secondary N) is 2. The van der Waals surface area contributed by atoms with Gasteiger partial charge in [-0.3, -0.25) is 10.1 Å². The molecule has 0 unspecified atom stereocenters. The van der Waals surface area contributed by atoms with Crippen molar-refractivity contribution in [2.24, 2.45) is 5.92 Å². The Morgan fingerprint density at radius 1 is 1.00 bits per heavy atom. The van der Waals surface area contributed by atoms with E-state index in [9.17, 15) is 22.4 Å². The minimum absolute atomic E-state index is 0.102. The number of benzene rings is 2. The molecule has 0 spiro atoms. The molecule has 1 heterocycles. The Morgan fingerprint density at radius 2 is 1.62 bits per heavy atom. The zero-order valence-corrected chi connectivity index (χ0v) is 20.5. The van der Waals surface area contributed by atoms with Crippen LogP contribution in [0.4, 0.5) is 20.6 Å². The number of anilines is 2. The van der Waals surface area contributed by atoms with Crippen LogP contribution in [0.5, 0.6) is 0 Å². The number of rotatable bonds is 5. The van der Waals surface area contributed by atoms with Crippen LogP contribution in [0.15, 0.2) is 47.4 Å². The van der Waals surface area contributed by atoms with E-state index in [4.69, 9.17) is 4.74 Å². The molecule has 10 heteroatoms. The lowest BCUT2D eigenvalue weighted by Crippen LogP contribution is -2.41. The van der Waals surface area contributed by atoms with E-state index in [0.717, 1.165) is 17.7 Å². The van der Waals surface area contributed by atoms with E-state index in [1.54, 1.807) is 45.0 Å². The minimum atomic E-state index is -3.64. The second kappa shape index (κ2) is 10.1. The molecule has 184 valence electrons. The van der Waals surface area contributed by atoms with E-state index in [1.165, 1.54) is 10.4 Å². The fraction of sp³-hybridized carbons (Fsp3) is 0.417. The van der Waals surface area contributed by atoms with Gasteiger partial charge in [-0.15, -0.1) is 0 Å². The summed E-state index contributed by atoms with van der Waals surface area (Å²) < 4.78 is 46.2. The van der Waals surface area contributed by atoms with E-state index < -0.39 is 33.5 Å². The summed E-state index contributed by atoms with van der Waals surface area (Å²) in [5.41, 5.74) is 0.543. The fourth-order valence-electron chi connectivity index (χ4n) is 3.59. The molecule has 2 N–H and O–H groups in total. The van der Waals surface area contributed by atoms with Crippen molar-refractivity contribution >= 4 is 33.4 Å². The molecule has 0 bridgehead atoms. The summed E-state index contributed by atoms with van der Waals surface area (Å²) >= 11 is 0. The smallest absolute Gasteiger partial charge is 0.412 e. The minimum Gasteiger partial charge on any atom is -0.444 e. The van der Waals surface area contributed by atoms with Gasteiger partial charge in [0.15, 0.2) is 0 Å². The van der Waals surface area contributed by atoms with Gasteiger partial charge < -0.3 is 10.1 Å². The van der Waals surface area contributed by atoms with Crippen LogP contribution in [0, 0.1) is 18.7 Å². The zero-order valence-electron chi connectivity index (χ0n) is 19.7. The average molecular weight is 492 g/mol. The van der Waals surface area contributed by atoms with Crippen molar-refractivity contribution < 1.29 is 27.1 Å². The highest BCUT2D eigenvalue weighted by molar-refractivity contribution is 7.89. The largest absolute Gasteiger partial charge is 0.444 e. The number of halogens is 1. The second-order valence-corrected chi connectivity index (χ2v) is 11.2. The molecule has 2 aromatic carbocycles. The topological polar surface area (TPSA) is 105 Å². The number of nitrogens with zero attached hydrogens (tertiary/aromatic N) is 1. The third kappa shape index (κ3) is 6.54.